The van der Waals surface area contributed by atoms with Gasteiger partial charge in [0.15, 0.2) is 0 Å². The summed E-state index contributed by atoms with van der Waals surface area (Å²) < 4.78 is 0. The molecule has 0 saturated heterocycles. The normalized spacial score (nSPS) is 53.0. The zero-order valence-electron chi connectivity index (χ0n) is 9.40. The molecule has 0 amide bonds. The van der Waals surface area contributed by atoms with Crippen LogP contribution in [0.1, 0.15) is 47.5 Å². The standard InChI is InChI=1S/C12H20O/c1-8-9(13)12(5)7-6-11(8,4)10(12,2)3/h8H,6-7H2,1-5H3. The van der Waals surface area contributed by atoms with Crippen LogP contribution in [0, 0.1) is 22.2 Å². The molecular formula is C12H20O. The van der Waals surface area contributed by atoms with Gasteiger partial charge in [-0.3, -0.25) is 4.79 Å². The SMILES string of the molecule is CC1C(=O)C2(C)CCC1(C)C2(C)C. The number of rotatable bonds is 0. The molecule has 2 fully saturated rings. The molecule has 2 aliphatic rings. The first-order valence-corrected chi connectivity index (χ1v) is 5.32. The van der Waals surface area contributed by atoms with Gasteiger partial charge in [0.05, 0.1) is 0 Å². The number of Topliss-reactive ketones (excluding diaryl/α,β-unsaturated/α-hetero) is 1. The van der Waals surface area contributed by atoms with Crippen LogP contribution < -0.4 is 0 Å². The van der Waals surface area contributed by atoms with E-state index in [4.69, 9.17) is 0 Å². The van der Waals surface area contributed by atoms with Crippen molar-refractivity contribution in [1.29, 1.82) is 0 Å². The predicted octanol–water partition coefficient (Wildman–Crippen LogP) is 3.04. The first-order chi connectivity index (χ1) is 5.77. The molecule has 0 heterocycles. The second-order valence-electron chi connectivity index (χ2n) is 5.96. The Morgan fingerprint density at radius 2 is 1.69 bits per heavy atom. The summed E-state index contributed by atoms with van der Waals surface area (Å²) >= 11 is 0. The summed E-state index contributed by atoms with van der Waals surface area (Å²) in [7, 11) is 0. The van der Waals surface area contributed by atoms with Gasteiger partial charge in [0.25, 0.3) is 0 Å². The largest absolute Gasteiger partial charge is 0.299 e. The van der Waals surface area contributed by atoms with Gasteiger partial charge in [-0.15, -0.1) is 0 Å². The van der Waals surface area contributed by atoms with Gasteiger partial charge < -0.3 is 0 Å². The number of carbonyl (C=O) groups is 1. The van der Waals surface area contributed by atoms with Crippen molar-refractivity contribution in [3.05, 3.63) is 0 Å². The molecule has 3 atom stereocenters. The molecule has 0 spiro atoms. The van der Waals surface area contributed by atoms with E-state index in [0.717, 1.165) is 6.42 Å². The third kappa shape index (κ3) is 0.660. The minimum Gasteiger partial charge on any atom is -0.299 e. The quantitative estimate of drug-likeness (QED) is 0.560. The lowest BCUT2D eigenvalue weighted by molar-refractivity contribution is -0.131. The van der Waals surface area contributed by atoms with Crippen LogP contribution in [0.2, 0.25) is 0 Å². The summed E-state index contributed by atoms with van der Waals surface area (Å²) in [6.45, 7) is 11.1. The Balaban J connectivity index is 2.61. The van der Waals surface area contributed by atoms with Crippen LogP contribution in [-0.4, -0.2) is 5.78 Å². The number of carbonyl (C=O) groups excluding carboxylic acids is 1. The fraction of sp³-hybridized carbons (Fsp3) is 0.917. The van der Waals surface area contributed by atoms with Crippen LogP contribution in [0.15, 0.2) is 0 Å². The van der Waals surface area contributed by atoms with Crippen LogP contribution in [-0.2, 0) is 4.79 Å². The molecule has 0 aromatic carbocycles. The molecule has 13 heavy (non-hydrogen) atoms. The summed E-state index contributed by atoms with van der Waals surface area (Å²) in [5.41, 5.74) is 0.399. The van der Waals surface area contributed by atoms with Crippen LogP contribution in [0.3, 0.4) is 0 Å². The van der Waals surface area contributed by atoms with Crippen LogP contribution in [0.4, 0.5) is 0 Å². The van der Waals surface area contributed by atoms with Gasteiger partial charge in [0, 0.05) is 11.3 Å². The Morgan fingerprint density at radius 1 is 1.15 bits per heavy atom. The lowest BCUT2D eigenvalue weighted by Crippen LogP contribution is -2.34. The van der Waals surface area contributed by atoms with Crippen molar-refractivity contribution >= 4 is 5.78 Å². The molecule has 0 N–H and O–H groups in total. The monoisotopic (exact) mass is 180 g/mol. The van der Waals surface area contributed by atoms with E-state index in [0.29, 0.717) is 5.78 Å². The highest BCUT2D eigenvalue weighted by atomic mass is 16.1. The Hall–Kier alpha value is -0.330. The highest BCUT2D eigenvalue weighted by Crippen LogP contribution is 2.72. The average Bonchev–Trinajstić information content (AvgIpc) is 2.28. The Labute approximate surface area is 80.9 Å². The van der Waals surface area contributed by atoms with Crippen molar-refractivity contribution in [3.8, 4) is 0 Å². The fourth-order valence-corrected chi connectivity index (χ4v) is 3.72. The summed E-state index contributed by atoms with van der Waals surface area (Å²) in [6.07, 6.45) is 2.32. The molecule has 0 aliphatic heterocycles. The number of hydrogen-bond donors (Lipinski definition) is 0. The summed E-state index contributed by atoms with van der Waals surface area (Å²) in [5.74, 6) is 0.771. The van der Waals surface area contributed by atoms with E-state index in [1.165, 1.54) is 6.42 Å². The van der Waals surface area contributed by atoms with Gasteiger partial charge in [-0.2, -0.15) is 0 Å². The highest BCUT2D eigenvalue weighted by Gasteiger charge is 2.70. The van der Waals surface area contributed by atoms with E-state index in [1.807, 2.05) is 0 Å². The second-order valence-corrected chi connectivity index (χ2v) is 5.96. The topological polar surface area (TPSA) is 17.1 Å². The Bertz CT molecular complexity index is 276. The molecule has 74 valence electrons. The number of hydrogen-bond acceptors (Lipinski definition) is 1. The van der Waals surface area contributed by atoms with Gasteiger partial charge >= 0.3 is 0 Å². The average molecular weight is 180 g/mol. The molecule has 2 saturated carbocycles. The maximum absolute atomic E-state index is 12.1. The van der Waals surface area contributed by atoms with E-state index < -0.39 is 0 Å². The number of fused-ring (bicyclic) bond motifs is 2. The maximum atomic E-state index is 12.1. The molecule has 0 aromatic heterocycles. The third-order valence-electron chi connectivity index (χ3n) is 5.84. The Morgan fingerprint density at radius 3 is 1.92 bits per heavy atom. The van der Waals surface area contributed by atoms with Crippen molar-refractivity contribution in [2.75, 3.05) is 0 Å². The van der Waals surface area contributed by atoms with Crippen LogP contribution in [0.25, 0.3) is 0 Å². The maximum Gasteiger partial charge on any atom is 0.142 e. The molecular weight excluding hydrogens is 160 g/mol. The van der Waals surface area contributed by atoms with Gasteiger partial charge in [0.2, 0.25) is 0 Å². The smallest absolute Gasteiger partial charge is 0.142 e. The first kappa shape index (κ1) is 9.23. The van der Waals surface area contributed by atoms with Gasteiger partial charge in [-0.05, 0) is 23.7 Å². The van der Waals surface area contributed by atoms with E-state index in [1.54, 1.807) is 0 Å². The van der Waals surface area contributed by atoms with Gasteiger partial charge in [-0.1, -0.05) is 34.6 Å². The lowest BCUT2D eigenvalue weighted by atomic mass is 9.65. The minimum atomic E-state index is -0.0405. The van der Waals surface area contributed by atoms with E-state index in [2.05, 4.69) is 34.6 Å². The third-order valence-corrected chi connectivity index (χ3v) is 5.84. The molecule has 0 radical (unpaired) electrons. The van der Waals surface area contributed by atoms with Gasteiger partial charge in [0.1, 0.15) is 5.78 Å². The number of ketones is 1. The molecule has 3 unspecified atom stereocenters. The second kappa shape index (κ2) is 2.02. The van der Waals surface area contributed by atoms with E-state index >= 15 is 0 Å². The Kier molecular flexibility index (Phi) is 1.43. The van der Waals surface area contributed by atoms with E-state index in [-0.39, 0.29) is 22.2 Å². The van der Waals surface area contributed by atoms with Crippen LogP contribution in [0.5, 0.6) is 0 Å². The molecule has 1 heteroatoms. The predicted molar refractivity (Wildman–Crippen MR) is 53.4 cm³/mol. The lowest BCUT2D eigenvalue weighted by Gasteiger charge is -2.38. The van der Waals surface area contributed by atoms with Crippen LogP contribution >= 0.6 is 0 Å². The van der Waals surface area contributed by atoms with Crippen molar-refractivity contribution in [2.24, 2.45) is 22.2 Å². The van der Waals surface area contributed by atoms with Gasteiger partial charge in [-0.25, -0.2) is 0 Å². The molecule has 0 aromatic rings. The first-order valence-electron chi connectivity index (χ1n) is 5.32. The summed E-state index contributed by atoms with van der Waals surface area (Å²) in [4.78, 5) is 12.1. The van der Waals surface area contributed by atoms with E-state index in [9.17, 15) is 4.79 Å². The fourth-order valence-electron chi connectivity index (χ4n) is 3.72. The molecule has 2 aliphatic carbocycles. The van der Waals surface area contributed by atoms with Crippen molar-refractivity contribution in [3.63, 3.8) is 0 Å². The zero-order chi connectivity index (χ0) is 10.1. The van der Waals surface area contributed by atoms with Crippen molar-refractivity contribution in [1.82, 2.24) is 0 Å². The molecule has 2 rings (SSSR count). The molecule has 1 nitrogen and oxygen atoms in total. The van der Waals surface area contributed by atoms with Crippen molar-refractivity contribution < 1.29 is 4.79 Å². The molecule has 2 bridgehead atoms. The minimum absolute atomic E-state index is 0.0405. The van der Waals surface area contributed by atoms with Crippen molar-refractivity contribution in [2.45, 2.75) is 47.5 Å². The highest BCUT2D eigenvalue weighted by molar-refractivity contribution is 5.92. The summed E-state index contributed by atoms with van der Waals surface area (Å²) in [5, 5.41) is 0. The summed E-state index contributed by atoms with van der Waals surface area (Å²) in [6, 6.07) is 0. The zero-order valence-corrected chi connectivity index (χ0v) is 9.40.